The fourth-order valence-electron chi connectivity index (χ4n) is 3.35. The van der Waals surface area contributed by atoms with Gasteiger partial charge in [0.25, 0.3) is 0 Å². The number of rotatable bonds is 6. The molecule has 1 aliphatic rings. The first-order valence-corrected chi connectivity index (χ1v) is 10.1. The van der Waals surface area contributed by atoms with Crippen LogP contribution in [-0.4, -0.2) is 21.8 Å². The van der Waals surface area contributed by atoms with Crippen molar-refractivity contribution in [3.8, 4) is 0 Å². The van der Waals surface area contributed by atoms with Crippen molar-refractivity contribution in [1.82, 2.24) is 15.5 Å². The number of nitrogens with one attached hydrogen (secondary N) is 1. The fourth-order valence-corrected chi connectivity index (χ4v) is 4.20. The van der Waals surface area contributed by atoms with Gasteiger partial charge in [0.15, 0.2) is 5.82 Å². The lowest BCUT2D eigenvalue weighted by molar-refractivity contribution is -0.123. The van der Waals surface area contributed by atoms with Crippen molar-refractivity contribution in [3.63, 3.8) is 0 Å². The maximum atomic E-state index is 12.9. The summed E-state index contributed by atoms with van der Waals surface area (Å²) in [7, 11) is 0. The Bertz CT molecular complexity index is 725. The second kappa shape index (κ2) is 8.66. The van der Waals surface area contributed by atoms with Gasteiger partial charge in [0.05, 0.1) is 0 Å². The van der Waals surface area contributed by atoms with Gasteiger partial charge < -0.3 is 9.84 Å². The Kier molecular flexibility index (Phi) is 6.29. The molecule has 1 fully saturated rings. The Morgan fingerprint density at radius 2 is 1.92 bits per heavy atom. The molecule has 1 saturated carbocycles. The minimum absolute atomic E-state index is 0.0102. The van der Waals surface area contributed by atoms with Gasteiger partial charge in [-0.15, -0.1) is 11.8 Å². The smallest absolute Gasteiger partial charge is 0.223 e. The summed E-state index contributed by atoms with van der Waals surface area (Å²) in [6.45, 7) is 1.77. The number of hydrogen-bond acceptors (Lipinski definition) is 5. The molecule has 1 heterocycles. The third kappa shape index (κ3) is 4.84. The zero-order valence-electron chi connectivity index (χ0n) is 15.0. The van der Waals surface area contributed by atoms with Crippen LogP contribution in [0.3, 0.4) is 0 Å². The number of aromatic nitrogens is 2. The molecule has 1 aromatic carbocycles. The summed E-state index contributed by atoms with van der Waals surface area (Å²) in [4.78, 5) is 17.9. The Morgan fingerprint density at radius 3 is 2.54 bits per heavy atom. The topological polar surface area (TPSA) is 68.0 Å². The van der Waals surface area contributed by atoms with Gasteiger partial charge in [0.1, 0.15) is 11.4 Å². The summed E-state index contributed by atoms with van der Waals surface area (Å²) in [6.07, 6.45) is 6.46. The molecule has 5 nitrogen and oxygen atoms in total. The number of aryl methyl sites for hydroxylation is 1. The maximum absolute atomic E-state index is 12.9. The quantitative estimate of drug-likeness (QED) is 0.598. The standard InChI is InChI=1S/C19H24FN3O2S/c1-14-21-18(23-25-14)19(11-4-2-3-5-12-19)22-17(24)10-13-26-16-8-6-15(20)7-9-16/h6-9H,2-5,10-13H2,1H3,(H,22,24). The first kappa shape index (κ1) is 18.9. The maximum Gasteiger partial charge on any atom is 0.223 e. The first-order chi connectivity index (χ1) is 12.6. The van der Waals surface area contributed by atoms with E-state index in [2.05, 4.69) is 15.5 Å². The van der Waals surface area contributed by atoms with Gasteiger partial charge in [0, 0.05) is 24.0 Å². The molecule has 7 heteroatoms. The number of carbonyl (C=O) groups is 1. The molecule has 1 N–H and O–H groups in total. The van der Waals surface area contributed by atoms with Gasteiger partial charge in [-0.25, -0.2) is 4.39 Å². The third-order valence-corrected chi connectivity index (χ3v) is 5.72. The molecule has 0 radical (unpaired) electrons. The van der Waals surface area contributed by atoms with E-state index < -0.39 is 5.54 Å². The predicted octanol–water partition coefficient (Wildman–Crippen LogP) is 4.37. The highest BCUT2D eigenvalue weighted by Crippen LogP contribution is 2.34. The van der Waals surface area contributed by atoms with Crippen LogP contribution in [0.5, 0.6) is 0 Å². The van der Waals surface area contributed by atoms with Crippen molar-refractivity contribution < 1.29 is 13.7 Å². The molecule has 0 atom stereocenters. The Hall–Kier alpha value is -1.89. The van der Waals surface area contributed by atoms with E-state index in [1.54, 1.807) is 30.8 Å². The molecule has 0 bridgehead atoms. The summed E-state index contributed by atoms with van der Waals surface area (Å²) in [5.74, 6) is 1.49. The normalized spacial score (nSPS) is 16.8. The first-order valence-electron chi connectivity index (χ1n) is 9.08. The van der Waals surface area contributed by atoms with Gasteiger partial charge in [-0.1, -0.05) is 30.8 Å². The van der Waals surface area contributed by atoms with Gasteiger partial charge in [-0.2, -0.15) is 4.98 Å². The summed E-state index contributed by atoms with van der Waals surface area (Å²) >= 11 is 1.55. The minimum atomic E-state index is -0.522. The van der Waals surface area contributed by atoms with Gasteiger partial charge >= 0.3 is 0 Å². The zero-order chi connectivity index (χ0) is 18.4. The average molecular weight is 377 g/mol. The molecular formula is C19H24FN3O2S. The third-order valence-electron chi connectivity index (χ3n) is 4.70. The van der Waals surface area contributed by atoms with Crippen LogP contribution >= 0.6 is 11.8 Å². The second-order valence-corrected chi connectivity index (χ2v) is 7.90. The molecule has 0 spiro atoms. The number of carbonyl (C=O) groups excluding carboxylic acids is 1. The Balaban J connectivity index is 1.61. The highest BCUT2D eigenvalue weighted by molar-refractivity contribution is 7.99. The highest BCUT2D eigenvalue weighted by Gasteiger charge is 2.38. The van der Waals surface area contributed by atoms with E-state index in [1.165, 1.54) is 12.1 Å². The van der Waals surface area contributed by atoms with Gasteiger partial charge in [0.2, 0.25) is 11.8 Å². The van der Waals surface area contributed by atoms with E-state index in [-0.39, 0.29) is 11.7 Å². The Labute approximate surface area is 157 Å². The van der Waals surface area contributed by atoms with E-state index in [1.807, 2.05) is 0 Å². The molecule has 0 aliphatic heterocycles. The van der Waals surface area contributed by atoms with Gasteiger partial charge in [-0.3, -0.25) is 4.79 Å². The lowest BCUT2D eigenvalue weighted by atomic mass is 9.89. The van der Waals surface area contributed by atoms with E-state index in [4.69, 9.17) is 4.52 Å². The molecule has 1 aliphatic carbocycles. The van der Waals surface area contributed by atoms with Crippen LogP contribution < -0.4 is 5.32 Å². The lowest BCUT2D eigenvalue weighted by Gasteiger charge is -2.30. The monoisotopic (exact) mass is 377 g/mol. The van der Waals surface area contributed by atoms with Crippen LogP contribution in [0, 0.1) is 12.7 Å². The van der Waals surface area contributed by atoms with Crippen LogP contribution in [0.4, 0.5) is 4.39 Å². The molecule has 3 rings (SSSR count). The van der Waals surface area contributed by atoms with E-state index in [0.717, 1.165) is 43.4 Å². The molecule has 140 valence electrons. The Morgan fingerprint density at radius 1 is 1.23 bits per heavy atom. The van der Waals surface area contributed by atoms with E-state index in [0.29, 0.717) is 23.9 Å². The van der Waals surface area contributed by atoms with Crippen LogP contribution in [0.15, 0.2) is 33.7 Å². The lowest BCUT2D eigenvalue weighted by Crippen LogP contribution is -2.46. The molecule has 26 heavy (non-hydrogen) atoms. The molecule has 0 unspecified atom stereocenters. The van der Waals surface area contributed by atoms with Crippen LogP contribution in [0.25, 0.3) is 0 Å². The van der Waals surface area contributed by atoms with Crippen LogP contribution in [-0.2, 0) is 10.3 Å². The van der Waals surface area contributed by atoms with E-state index >= 15 is 0 Å². The van der Waals surface area contributed by atoms with Crippen molar-refractivity contribution >= 4 is 17.7 Å². The second-order valence-electron chi connectivity index (χ2n) is 6.73. The number of benzene rings is 1. The molecular weight excluding hydrogens is 353 g/mol. The van der Waals surface area contributed by atoms with Gasteiger partial charge in [-0.05, 0) is 37.1 Å². The summed E-state index contributed by atoms with van der Waals surface area (Å²) < 4.78 is 18.1. The summed E-state index contributed by atoms with van der Waals surface area (Å²) in [6, 6.07) is 6.32. The van der Waals surface area contributed by atoms with Crippen molar-refractivity contribution in [1.29, 1.82) is 0 Å². The molecule has 1 amide bonds. The number of amides is 1. The average Bonchev–Trinajstić information content (AvgIpc) is 2.93. The number of thioether (sulfide) groups is 1. The molecule has 1 aromatic heterocycles. The predicted molar refractivity (Wildman–Crippen MR) is 98.3 cm³/mol. The largest absolute Gasteiger partial charge is 0.343 e. The number of nitrogens with zero attached hydrogens (tertiary/aromatic N) is 2. The number of hydrogen-bond donors (Lipinski definition) is 1. The molecule has 0 saturated heterocycles. The fraction of sp³-hybridized carbons (Fsp3) is 0.526. The van der Waals surface area contributed by atoms with Crippen molar-refractivity contribution in [2.24, 2.45) is 0 Å². The SMILES string of the molecule is Cc1nc(C2(NC(=O)CCSc3ccc(F)cc3)CCCCCC2)no1. The number of halogens is 1. The summed E-state index contributed by atoms with van der Waals surface area (Å²) in [5, 5.41) is 7.30. The summed E-state index contributed by atoms with van der Waals surface area (Å²) in [5.41, 5.74) is -0.522. The minimum Gasteiger partial charge on any atom is -0.343 e. The molecule has 2 aromatic rings. The van der Waals surface area contributed by atoms with Crippen molar-refractivity contribution in [2.75, 3.05) is 5.75 Å². The van der Waals surface area contributed by atoms with Crippen LogP contribution in [0.2, 0.25) is 0 Å². The van der Waals surface area contributed by atoms with Crippen molar-refractivity contribution in [2.45, 2.75) is 62.3 Å². The van der Waals surface area contributed by atoms with Crippen molar-refractivity contribution in [3.05, 3.63) is 41.8 Å². The van der Waals surface area contributed by atoms with E-state index in [9.17, 15) is 9.18 Å². The van der Waals surface area contributed by atoms with Crippen LogP contribution in [0.1, 0.15) is 56.7 Å². The zero-order valence-corrected chi connectivity index (χ0v) is 15.8. The highest BCUT2D eigenvalue weighted by atomic mass is 32.2.